The Balaban J connectivity index is 1.79. The summed E-state index contributed by atoms with van der Waals surface area (Å²) in [7, 11) is 0. The molecule has 0 saturated carbocycles. The number of halogens is 1. The van der Waals surface area contributed by atoms with E-state index in [9.17, 15) is 4.79 Å². The summed E-state index contributed by atoms with van der Waals surface area (Å²) in [6.45, 7) is 1.67. The Kier molecular flexibility index (Phi) is 4.94. The summed E-state index contributed by atoms with van der Waals surface area (Å²) in [5, 5.41) is 0. The first-order valence-electron chi connectivity index (χ1n) is 7.84. The molecule has 0 aromatic heterocycles. The van der Waals surface area contributed by atoms with Crippen molar-refractivity contribution in [1.29, 1.82) is 0 Å². The molecule has 1 aliphatic heterocycles. The van der Waals surface area contributed by atoms with Gasteiger partial charge in [-0.2, -0.15) is 0 Å². The third-order valence-corrected chi connectivity index (χ3v) is 4.79. The van der Waals surface area contributed by atoms with Crippen LogP contribution in [0, 0.1) is 0 Å². The van der Waals surface area contributed by atoms with E-state index in [0.717, 1.165) is 36.0 Å². The number of likely N-dealkylation sites (tertiary alicyclic amines) is 1. The van der Waals surface area contributed by atoms with Crippen molar-refractivity contribution in [3.63, 3.8) is 0 Å². The van der Waals surface area contributed by atoms with Crippen molar-refractivity contribution in [3.8, 4) is 0 Å². The van der Waals surface area contributed by atoms with E-state index >= 15 is 0 Å². The first kappa shape index (κ1) is 15.3. The van der Waals surface area contributed by atoms with Gasteiger partial charge in [-0.05, 0) is 36.6 Å². The summed E-state index contributed by atoms with van der Waals surface area (Å²) in [6, 6.07) is 18.2. The van der Waals surface area contributed by atoms with Crippen LogP contribution in [-0.4, -0.2) is 23.9 Å². The number of hydrogen-bond acceptors (Lipinski definition) is 1. The number of carbonyl (C=O) groups excluding carboxylic acids is 1. The van der Waals surface area contributed by atoms with Crippen LogP contribution in [0.15, 0.2) is 59.1 Å². The van der Waals surface area contributed by atoms with Crippen LogP contribution >= 0.6 is 15.9 Å². The number of amides is 1. The van der Waals surface area contributed by atoms with Gasteiger partial charge in [-0.25, -0.2) is 0 Å². The Bertz CT molecular complexity index is 641. The molecule has 0 bridgehead atoms. The van der Waals surface area contributed by atoms with Crippen LogP contribution < -0.4 is 0 Å². The quantitative estimate of drug-likeness (QED) is 0.751. The molecule has 0 radical (unpaired) electrons. The smallest absolute Gasteiger partial charge is 0.253 e. The predicted octanol–water partition coefficient (Wildman–Crippen LogP) is 4.86. The first-order valence-corrected chi connectivity index (χ1v) is 8.63. The van der Waals surface area contributed by atoms with Crippen LogP contribution in [0.25, 0.3) is 0 Å². The fourth-order valence-corrected chi connectivity index (χ4v) is 3.53. The van der Waals surface area contributed by atoms with E-state index in [-0.39, 0.29) is 5.91 Å². The molecule has 2 aromatic carbocycles. The zero-order valence-corrected chi connectivity index (χ0v) is 14.1. The zero-order chi connectivity index (χ0) is 15.4. The maximum atomic E-state index is 12.8. The molecule has 114 valence electrons. The second kappa shape index (κ2) is 7.10. The number of hydrogen-bond donors (Lipinski definition) is 0. The van der Waals surface area contributed by atoms with E-state index in [2.05, 4.69) is 40.2 Å². The van der Waals surface area contributed by atoms with Gasteiger partial charge in [0.25, 0.3) is 5.91 Å². The van der Waals surface area contributed by atoms with Crippen LogP contribution in [0.3, 0.4) is 0 Å². The van der Waals surface area contributed by atoms with E-state index in [1.807, 2.05) is 35.2 Å². The highest BCUT2D eigenvalue weighted by Gasteiger charge is 2.23. The van der Waals surface area contributed by atoms with Gasteiger partial charge in [-0.1, -0.05) is 58.7 Å². The maximum absolute atomic E-state index is 12.8. The highest BCUT2D eigenvalue weighted by Crippen LogP contribution is 2.27. The minimum absolute atomic E-state index is 0.143. The van der Waals surface area contributed by atoms with Crippen LogP contribution in [-0.2, 0) is 0 Å². The predicted molar refractivity (Wildman–Crippen MR) is 93.1 cm³/mol. The molecular weight excluding hydrogens is 338 g/mol. The van der Waals surface area contributed by atoms with Crippen molar-refractivity contribution in [2.24, 2.45) is 0 Å². The lowest BCUT2D eigenvalue weighted by molar-refractivity contribution is 0.0754. The van der Waals surface area contributed by atoms with E-state index in [0.29, 0.717) is 5.92 Å². The van der Waals surface area contributed by atoms with E-state index < -0.39 is 0 Å². The molecule has 3 heteroatoms. The molecule has 1 heterocycles. The third kappa shape index (κ3) is 3.58. The number of rotatable bonds is 2. The lowest BCUT2D eigenvalue weighted by Crippen LogP contribution is -2.34. The van der Waals surface area contributed by atoms with Gasteiger partial charge in [0, 0.05) is 29.0 Å². The summed E-state index contributed by atoms with van der Waals surface area (Å²) in [6.07, 6.45) is 3.43. The average molecular weight is 358 g/mol. The van der Waals surface area contributed by atoms with E-state index in [4.69, 9.17) is 0 Å². The topological polar surface area (TPSA) is 20.3 Å². The summed E-state index contributed by atoms with van der Waals surface area (Å²) in [4.78, 5) is 14.8. The summed E-state index contributed by atoms with van der Waals surface area (Å²) in [5.74, 6) is 0.587. The molecule has 1 atom stereocenters. The van der Waals surface area contributed by atoms with Crippen molar-refractivity contribution in [1.82, 2.24) is 4.90 Å². The van der Waals surface area contributed by atoms with Gasteiger partial charge >= 0.3 is 0 Å². The molecule has 1 aliphatic rings. The lowest BCUT2D eigenvalue weighted by Gasteiger charge is -2.25. The molecule has 22 heavy (non-hydrogen) atoms. The molecule has 1 amide bonds. The molecule has 2 aromatic rings. The Labute approximate surface area is 140 Å². The Morgan fingerprint density at radius 2 is 1.86 bits per heavy atom. The van der Waals surface area contributed by atoms with Crippen LogP contribution in [0.5, 0.6) is 0 Å². The van der Waals surface area contributed by atoms with Crippen molar-refractivity contribution in [2.45, 2.75) is 25.2 Å². The van der Waals surface area contributed by atoms with Crippen molar-refractivity contribution >= 4 is 21.8 Å². The largest absolute Gasteiger partial charge is 0.338 e. The highest BCUT2D eigenvalue weighted by atomic mass is 79.9. The number of nitrogens with zero attached hydrogens (tertiary/aromatic N) is 1. The minimum atomic E-state index is 0.143. The Morgan fingerprint density at radius 3 is 2.64 bits per heavy atom. The van der Waals surface area contributed by atoms with Crippen LogP contribution in [0.4, 0.5) is 0 Å². The van der Waals surface area contributed by atoms with Gasteiger partial charge in [-0.3, -0.25) is 4.79 Å². The molecule has 0 N–H and O–H groups in total. The summed E-state index contributed by atoms with van der Waals surface area (Å²) < 4.78 is 0.952. The lowest BCUT2D eigenvalue weighted by atomic mass is 9.94. The average Bonchev–Trinajstić information content (AvgIpc) is 2.81. The second-order valence-electron chi connectivity index (χ2n) is 5.86. The fourth-order valence-electron chi connectivity index (χ4n) is 3.13. The Hall–Kier alpha value is -1.61. The van der Waals surface area contributed by atoms with Crippen LogP contribution in [0.1, 0.15) is 41.1 Å². The maximum Gasteiger partial charge on any atom is 0.253 e. The van der Waals surface area contributed by atoms with E-state index in [1.165, 1.54) is 12.0 Å². The molecular formula is C19H20BrNO. The third-order valence-electron chi connectivity index (χ3n) is 4.30. The molecule has 3 rings (SSSR count). The van der Waals surface area contributed by atoms with Crippen molar-refractivity contribution < 1.29 is 4.79 Å². The molecule has 2 nitrogen and oxygen atoms in total. The first-order chi connectivity index (χ1) is 10.7. The normalized spacial score (nSPS) is 18.8. The summed E-state index contributed by atoms with van der Waals surface area (Å²) in [5.41, 5.74) is 2.11. The van der Waals surface area contributed by atoms with Crippen LogP contribution in [0.2, 0.25) is 0 Å². The van der Waals surface area contributed by atoms with Crippen molar-refractivity contribution in [3.05, 3.63) is 70.2 Å². The van der Waals surface area contributed by atoms with Gasteiger partial charge < -0.3 is 4.90 Å². The molecule has 0 spiro atoms. The van der Waals surface area contributed by atoms with Gasteiger partial charge in [0.1, 0.15) is 0 Å². The number of carbonyl (C=O) groups is 1. The van der Waals surface area contributed by atoms with Crippen molar-refractivity contribution in [2.75, 3.05) is 13.1 Å². The monoisotopic (exact) mass is 357 g/mol. The molecule has 1 unspecified atom stereocenters. The highest BCUT2D eigenvalue weighted by molar-refractivity contribution is 9.10. The molecule has 1 saturated heterocycles. The van der Waals surface area contributed by atoms with Gasteiger partial charge in [0.2, 0.25) is 0 Å². The molecule has 0 aliphatic carbocycles. The number of benzene rings is 2. The minimum Gasteiger partial charge on any atom is -0.338 e. The zero-order valence-electron chi connectivity index (χ0n) is 12.5. The fraction of sp³-hybridized carbons (Fsp3) is 0.316. The molecule has 1 fully saturated rings. The van der Waals surface area contributed by atoms with Gasteiger partial charge in [0.05, 0.1) is 0 Å². The van der Waals surface area contributed by atoms with E-state index in [1.54, 1.807) is 0 Å². The Morgan fingerprint density at radius 1 is 1.05 bits per heavy atom. The second-order valence-corrected chi connectivity index (χ2v) is 6.78. The van der Waals surface area contributed by atoms with Gasteiger partial charge in [-0.15, -0.1) is 0 Å². The standard InChI is InChI=1S/C19H20BrNO/c20-18-11-6-10-16(13-18)19(22)21-12-5-4-9-17(14-21)15-7-2-1-3-8-15/h1-3,6-8,10-11,13,17H,4-5,9,12,14H2. The van der Waals surface area contributed by atoms with Gasteiger partial charge in [0.15, 0.2) is 0 Å². The summed E-state index contributed by atoms with van der Waals surface area (Å²) >= 11 is 3.45. The SMILES string of the molecule is O=C(c1cccc(Br)c1)N1CCCCC(c2ccccc2)C1.